The summed E-state index contributed by atoms with van der Waals surface area (Å²) < 4.78 is 0. The Bertz CT molecular complexity index is 302. The third-order valence-corrected chi connectivity index (χ3v) is 2.99. The monoisotopic (exact) mass is 235 g/mol. The Kier molecular flexibility index (Phi) is 7.90. The van der Waals surface area contributed by atoms with E-state index in [1.54, 1.807) is 0 Å². The molecule has 0 saturated carbocycles. The Morgan fingerprint density at radius 3 is 2.24 bits per heavy atom. The highest BCUT2D eigenvalue weighted by molar-refractivity contribution is 5.33. The van der Waals surface area contributed by atoms with Gasteiger partial charge in [0.25, 0.3) is 0 Å². The van der Waals surface area contributed by atoms with Gasteiger partial charge in [-0.15, -0.1) is 0 Å². The zero-order valence-corrected chi connectivity index (χ0v) is 12.4. The summed E-state index contributed by atoms with van der Waals surface area (Å²) in [6, 6.07) is 8.76. The topological polar surface area (TPSA) is 12.0 Å². The molecule has 1 heteroatoms. The molecule has 0 aliphatic carbocycles. The van der Waals surface area contributed by atoms with Gasteiger partial charge in [0.15, 0.2) is 0 Å². The van der Waals surface area contributed by atoms with Crippen molar-refractivity contribution in [3.63, 3.8) is 0 Å². The fourth-order valence-corrected chi connectivity index (χ4v) is 2.28. The van der Waals surface area contributed by atoms with E-state index in [2.05, 4.69) is 50.4 Å². The maximum absolute atomic E-state index is 3.24. The Labute approximate surface area is 108 Å². The standard InChI is InChI=1S/C14H23N.C2H6/c1-5-10-14(2,3)13-9-7-6-8-12(13)11-15-4;1-2/h6-9,15H,5,10-11H2,1-4H3;1-2H3. The van der Waals surface area contributed by atoms with Gasteiger partial charge in [-0.05, 0) is 30.0 Å². The molecule has 17 heavy (non-hydrogen) atoms. The van der Waals surface area contributed by atoms with E-state index >= 15 is 0 Å². The molecule has 1 rings (SSSR count). The minimum atomic E-state index is 0.294. The largest absolute Gasteiger partial charge is 0.316 e. The van der Waals surface area contributed by atoms with Crippen molar-refractivity contribution in [2.75, 3.05) is 7.05 Å². The van der Waals surface area contributed by atoms with E-state index in [0.717, 1.165) is 6.54 Å². The highest BCUT2D eigenvalue weighted by Crippen LogP contribution is 2.30. The minimum absolute atomic E-state index is 0.294. The fraction of sp³-hybridized carbons (Fsp3) is 0.625. The Hall–Kier alpha value is -0.820. The van der Waals surface area contributed by atoms with Crippen LogP contribution in [0.25, 0.3) is 0 Å². The van der Waals surface area contributed by atoms with Crippen molar-refractivity contribution in [1.82, 2.24) is 5.32 Å². The lowest BCUT2D eigenvalue weighted by molar-refractivity contribution is 0.467. The lowest BCUT2D eigenvalue weighted by atomic mass is 9.78. The second-order valence-corrected chi connectivity index (χ2v) is 4.82. The van der Waals surface area contributed by atoms with Crippen LogP contribution in [0.1, 0.15) is 58.6 Å². The lowest BCUT2D eigenvalue weighted by Gasteiger charge is -2.27. The zero-order chi connectivity index (χ0) is 13.3. The molecule has 1 N–H and O–H groups in total. The van der Waals surface area contributed by atoms with Crippen LogP contribution in [0.5, 0.6) is 0 Å². The number of hydrogen-bond acceptors (Lipinski definition) is 1. The van der Waals surface area contributed by atoms with Gasteiger partial charge in [-0.1, -0.05) is 65.3 Å². The molecule has 0 saturated heterocycles. The number of rotatable bonds is 5. The van der Waals surface area contributed by atoms with Crippen LogP contribution >= 0.6 is 0 Å². The maximum Gasteiger partial charge on any atom is 0.0205 e. The molecule has 0 aromatic heterocycles. The molecule has 0 radical (unpaired) electrons. The molecule has 0 fully saturated rings. The van der Waals surface area contributed by atoms with E-state index in [1.165, 1.54) is 24.0 Å². The van der Waals surface area contributed by atoms with Crippen molar-refractivity contribution >= 4 is 0 Å². The van der Waals surface area contributed by atoms with Crippen LogP contribution in [-0.4, -0.2) is 7.05 Å². The summed E-state index contributed by atoms with van der Waals surface area (Å²) in [7, 11) is 2.00. The molecule has 0 spiro atoms. The summed E-state index contributed by atoms with van der Waals surface area (Å²) in [6.07, 6.45) is 2.48. The first-order valence-electron chi connectivity index (χ1n) is 6.85. The number of nitrogens with one attached hydrogen (secondary N) is 1. The Morgan fingerprint density at radius 2 is 1.71 bits per heavy atom. The SMILES string of the molecule is CC.CCCC(C)(C)c1ccccc1CNC. The molecule has 0 heterocycles. The summed E-state index contributed by atoms with van der Waals surface area (Å²) in [5.41, 5.74) is 3.21. The van der Waals surface area contributed by atoms with E-state index in [-0.39, 0.29) is 0 Å². The molecule has 1 aromatic carbocycles. The van der Waals surface area contributed by atoms with Crippen molar-refractivity contribution in [3.05, 3.63) is 35.4 Å². The first-order valence-corrected chi connectivity index (χ1v) is 6.85. The second-order valence-electron chi connectivity index (χ2n) is 4.82. The smallest absolute Gasteiger partial charge is 0.0205 e. The summed E-state index contributed by atoms with van der Waals surface area (Å²) in [5, 5.41) is 3.24. The quantitative estimate of drug-likeness (QED) is 0.792. The van der Waals surface area contributed by atoms with Gasteiger partial charge in [0.05, 0.1) is 0 Å². The summed E-state index contributed by atoms with van der Waals surface area (Å²) in [5.74, 6) is 0. The molecule has 0 aliphatic heterocycles. The highest BCUT2D eigenvalue weighted by atomic mass is 14.8. The van der Waals surface area contributed by atoms with Gasteiger partial charge in [0.2, 0.25) is 0 Å². The van der Waals surface area contributed by atoms with Gasteiger partial charge in [-0.2, -0.15) is 0 Å². The van der Waals surface area contributed by atoms with Gasteiger partial charge in [-0.3, -0.25) is 0 Å². The molecular formula is C16H29N. The van der Waals surface area contributed by atoms with Gasteiger partial charge in [-0.25, -0.2) is 0 Å². The maximum atomic E-state index is 3.24. The molecule has 1 aromatic rings. The second kappa shape index (κ2) is 8.30. The minimum Gasteiger partial charge on any atom is -0.316 e. The number of hydrogen-bond donors (Lipinski definition) is 1. The number of benzene rings is 1. The van der Waals surface area contributed by atoms with Crippen LogP contribution in [0.3, 0.4) is 0 Å². The first kappa shape index (κ1) is 16.2. The Morgan fingerprint density at radius 1 is 1.12 bits per heavy atom. The molecule has 0 bridgehead atoms. The molecule has 98 valence electrons. The highest BCUT2D eigenvalue weighted by Gasteiger charge is 2.21. The van der Waals surface area contributed by atoms with E-state index in [9.17, 15) is 0 Å². The van der Waals surface area contributed by atoms with Crippen LogP contribution in [0.15, 0.2) is 24.3 Å². The predicted molar refractivity (Wildman–Crippen MR) is 78.5 cm³/mol. The molecular weight excluding hydrogens is 206 g/mol. The molecule has 0 amide bonds. The van der Waals surface area contributed by atoms with Crippen molar-refractivity contribution in [2.45, 2.75) is 59.4 Å². The van der Waals surface area contributed by atoms with Crippen LogP contribution < -0.4 is 5.32 Å². The van der Waals surface area contributed by atoms with Gasteiger partial charge in [0, 0.05) is 6.54 Å². The van der Waals surface area contributed by atoms with Gasteiger partial charge in [0.1, 0.15) is 0 Å². The van der Waals surface area contributed by atoms with E-state index in [1.807, 2.05) is 20.9 Å². The van der Waals surface area contributed by atoms with Crippen LogP contribution in [0, 0.1) is 0 Å². The van der Waals surface area contributed by atoms with Crippen molar-refractivity contribution in [3.8, 4) is 0 Å². The molecule has 0 atom stereocenters. The average molecular weight is 235 g/mol. The van der Waals surface area contributed by atoms with E-state index < -0.39 is 0 Å². The molecule has 0 aliphatic rings. The van der Waals surface area contributed by atoms with Crippen molar-refractivity contribution in [1.29, 1.82) is 0 Å². The molecule has 1 nitrogen and oxygen atoms in total. The van der Waals surface area contributed by atoms with Crippen molar-refractivity contribution in [2.24, 2.45) is 0 Å². The average Bonchev–Trinajstić information content (AvgIpc) is 2.32. The molecule has 0 unspecified atom stereocenters. The third kappa shape index (κ3) is 4.91. The third-order valence-electron chi connectivity index (χ3n) is 2.99. The summed E-state index contributed by atoms with van der Waals surface area (Å²) in [4.78, 5) is 0. The van der Waals surface area contributed by atoms with Crippen LogP contribution in [0.4, 0.5) is 0 Å². The van der Waals surface area contributed by atoms with Gasteiger partial charge < -0.3 is 5.32 Å². The zero-order valence-electron chi connectivity index (χ0n) is 12.4. The lowest BCUT2D eigenvalue weighted by Crippen LogP contribution is -2.20. The van der Waals surface area contributed by atoms with Gasteiger partial charge >= 0.3 is 0 Å². The Balaban J connectivity index is 0.00000121. The van der Waals surface area contributed by atoms with E-state index in [0.29, 0.717) is 5.41 Å². The normalized spacial score (nSPS) is 10.7. The fourth-order valence-electron chi connectivity index (χ4n) is 2.28. The van der Waals surface area contributed by atoms with E-state index in [4.69, 9.17) is 0 Å². The van der Waals surface area contributed by atoms with Crippen LogP contribution in [0.2, 0.25) is 0 Å². The summed E-state index contributed by atoms with van der Waals surface area (Å²) >= 11 is 0. The van der Waals surface area contributed by atoms with Crippen LogP contribution in [-0.2, 0) is 12.0 Å². The first-order chi connectivity index (χ1) is 8.11. The summed E-state index contributed by atoms with van der Waals surface area (Å²) in [6.45, 7) is 11.9. The predicted octanol–water partition coefficient (Wildman–Crippen LogP) is 4.51. The van der Waals surface area contributed by atoms with Crippen molar-refractivity contribution < 1.29 is 0 Å².